The number of carbonyl (C=O) groups is 1. The Morgan fingerprint density at radius 1 is 1.23 bits per heavy atom. The number of phenolic OH excluding ortho intramolecular Hbond substituents is 1. The van der Waals surface area contributed by atoms with Crippen LogP contribution in [0.2, 0.25) is 5.02 Å². The first-order chi connectivity index (χ1) is 15.0. The number of hydrogen-bond donors (Lipinski definition) is 3. The second kappa shape index (κ2) is 8.99. The number of rotatable bonds is 8. The number of amides is 1. The lowest BCUT2D eigenvalue weighted by Crippen LogP contribution is -2.32. The van der Waals surface area contributed by atoms with Crippen molar-refractivity contribution in [2.45, 2.75) is 25.8 Å². The van der Waals surface area contributed by atoms with Crippen LogP contribution in [0.5, 0.6) is 11.5 Å². The van der Waals surface area contributed by atoms with E-state index in [2.05, 4.69) is 17.1 Å². The molecule has 1 unspecified atom stereocenters. The summed E-state index contributed by atoms with van der Waals surface area (Å²) < 4.78 is 5.75. The number of aliphatic hydroxyl groups is 1. The van der Waals surface area contributed by atoms with Gasteiger partial charge in [0.15, 0.2) is 0 Å². The molecule has 1 atom stereocenters. The highest BCUT2D eigenvalue weighted by Gasteiger charge is 2.42. The van der Waals surface area contributed by atoms with Crippen LogP contribution in [0, 0.1) is 0 Å². The molecule has 1 aromatic heterocycles. The Kier molecular flexibility index (Phi) is 6.15. The molecule has 7 nitrogen and oxygen atoms in total. The van der Waals surface area contributed by atoms with Gasteiger partial charge in [0.05, 0.1) is 19.3 Å². The number of nitrogens with zero attached hydrogens (tertiary/aromatic N) is 2. The van der Waals surface area contributed by atoms with Gasteiger partial charge < -0.3 is 19.8 Å². The van der Waals surface area contributed by atoms with Gasteiger partial charge in [0.2, 0.25) is 0 Å². The maximum absolute atomic E-state index is 13.0. The van der Waals surface area contributed by atoms with Gasteiger partial charge in [-0.15, -0.1) is 0 Å². The third-order valence-corrected chi connectivity index (χ3v) is 5.62. The number of phenols is 1. The number of H-pyrrole nitrogens is 1. The molecule has 1 aliphatic rings. The Morgan fingerprint density at radius 3 is 2.71 bits per heavy atom. The highest BCUT2D eigenvalue weighted by atomic mass is 35.5. The zero-order valence-corrected chi connectivity index (χ0v) is 17.9. The van der Waals surface area contributed by atoms with Crippen LogP contribution in [0.25, 0.3) is 11.3 Å². The number of halogens is 1. The normalized spacial score (nSPS) is 15.4. The Hall–Kier alpha value is -3.03. The smallest absolute Gasteiger partial charge is 0.273 e. The van der Waals surface area contributed by atoms with E-state index < -0.39 is 6.04 Å². The van der Waals surface area contributed by atoms with E-state index in [1.807, 2.05) is 24.3 Å². The highest BCUT2D eigenvalue weighted by molar-refractivity contribution is 6.31. The molecule has 0 radical (unpaired) electrons. The predicted molar refractivity (Wildman–Crippen MR) is 118 cm³/mol. The van der Waals surface area contributed by atoms with E-state index in [1.54, 1.807) is 17.0 Å². The lowest BCUT2D eigenvalue weighted by atomic mass is 9.95. The molecule has 1 amide bonds. The van der Waals surface area contributed by atoms with Crippen molar-refractivity contribution in [1.82, 2.24) is 15.1 Å². The molecule has 8 heteroatoms. The van der Waals surface area contributed by atoms with Crippen LogP contribution in [0.15, 0.2) is 42.5 Å². The second-order valence-electron chi connectivity index (χ2n) is 7.42. The monoisotopic (exact) mass is 441 g/mol. The molecule has 0 saturated heterocycles. The maximum Gasteiger partial charge on any atom is 0.273 e. The van der Waals surface area contributed by atoms with Crippen LogP contribution in [0.1, 0.15) is 47.4 Å². The van der Waals surface area contributed by atoms with Crippen LogP contribution in [-0.2, 0) is 0 Å². The number of nitrogens with one attached hydrogen (secondary N) is 1. The molecule has 31 heavy (non-hydrogen) atoms. The number of fused-ring (bicyclic) bond motifs is 1. The summed E-state index contributed by atoms with van der Waals surface area (Å²) in [5.74, 6) is 0.526. The third-order valence-electron chi connectivity index (χ3n) is 5.38. The standard InChI is InChI=1S/C23H24ClN3O4/c1-2-3-12-31-16-7-4-14(5-8-16)22-19-20(17-13-15(24)6-9-18(17)29)25-26-21(19)23(30)27(22)10-11-28/h4-9,13,22,28-29H,2-3,10-12H2,1H3,(H,25,26). The first-order valence-corrected chi connectivity index (χ1v) is 10.6. The second-order valence-corrected chi connectivity index (χ2v) is 7.85. The van der Waals surface area contributed by atoms with Crippen LogP contribution >= 0.6 is 11.6 Å². The summed E-state index contributed by atoms with van der Waals surface area (Å²) in [4.78, 5) is 14.6. The zero-order chi connectivity index (χ0) is 22.0. The SMILES string of the molecule is CCCCOc1ccc(C2c3c(-c4cc(Cl)ccc4O)n[nH]c3C(=O)N2CCO)cc1. The molecule has 3 N–H and O–H groups in total. The van der Waals surface area contributed by atoms with Crippen molar-refractivity contribution in [3.63, 3.8) is 0 Å². The number of aromatic amines is 1. The number of β-amino-alcohol motifs (C(OH)–C–C–N with tert-alkyl or cyclic N) is 1. The average molecular weight is 442 g/mol. The Labute approximate surface area is 185 Å². The molecule has 1 aliphatic heterocycles. The van der Waals surface area contributed by atoms with Crippen LogP contribution in [-0.4, -0.2) is 51.0 Å². The molecule has 3 aromatic rings. The molecule has 162 valence electrons. The largest absolute Gasteiger partial charge is 0.507 e. The molecular weight excluding hydrogens is 418 g/mol. The van der Waals surface area contributed by atoms with E-state index in [4.69, 9.17) is 16.3 Å². The van der Waals surface area contributed by atoms with E-state index in [1.165, 1.54) is 6.07 Å². The van der Waals surface area contributed by atoms with Gasteiger partial charge in [0.25, 0.3) is 5.91 Å². The van der Waals surface area contributed by atoms with E-state index in [0.29, 0.717) is 34.1 Å². The van der Waals surface area contributed by atoms with Crippen molar-refractivity contribution in [2.24, 2.45) is 0 Å². The fraction of sp³-hybridized carbons (Fsp3) is 0.304. The van der Waals surface area contributed by atoms with Crippen molar-refractivity contribution >= 4 is 17.5 Å². The number of aromatic nitrogens is 2. The summed E-state index contributed by atoms with van der Waals surface area (Å²) in [6, 6.07) is 11.8. The maximum atomic E-state index is 13.0. The fourth-order valence-corrected chi connectivity index (χ4v) is 4.04. The van der Waals surface area contributed by atoms with Crippen molar-refractivity contribution in [1.29, 1.82) is 0 Å². The lowest BCUT2D eigenvalue weighted by Gasteiger charge is -2.25. The zero-order valence-electron chi connectivity index (χ0n) is 17.1. The molecule has 0 saturated carbocycles. The van der Waals surface area contributed by atoms with E-state index in [-0.39, 0.29) is 24.8 Å². The van der Waals surface area contributed by atoms with Gasteiger partial charge in [-0.05, 0) is 42.3 Å². The summed E-state index contributed by atoms with van der Waals surface area (Å²) in [6.07, 6.45) is 2.04. The molecule has 0 bridgehead atoms. The van der Waals surface area contributed by atoms with Gasteiger partial charge in [0, 0.05) is 22.7 Å². The van der Waals surface area contributed by atoms with Gasteiger partial charge in [-0.2, -0.15) is 5.10 Å². The number of aromatic hydroxyl groups is 1. The molecular formula is C23H24ClN3O4. The Bertz CT molecular complexity index is 1080. The van der Waals surface area contributed by atoms with Gasteiger partial charge in [-0.25, -0.2) is 0 Å². The number of aliphatic hydroxyl groups excluding tert-OH is 1. The first kappa shape index (κ1) is 21.2. The van der Waals surface area contributed by atoms with Gasteiger partial charge in [-0.3, -0.25) is 9.89 Å². The number of benzene rings is 2. The minimum absolute atomic E-state index is 0.0187. The predicted octanol–water partition coefficient (Wildman–Crippen LogP) is 4.15. The van der Waals surface area contributed by atoms with Gasteiger partial charge in [-0.1, -0.05) is 37.1 Å². The Balaban J connectivity index is 1.76. The van der Waals surface area contributed by atoms with E-state index >= 15 is 0 Å². The number of carbonyl (C=O) groups excluding carboxylic acids is 1. The molecule has 2 aromatic carbocycles. The molecule has 0 spiro atoms. The van der Waals surface area contributed by atoms with Crippen molar-refractivity contribution in [3.05, 3.63) is 64.3 Å². The first-order valence-electron chi connectivity index (χ1n) is 10.3. The topological polar surface area (TPSA) is 98.7 Å². The van der Waals surface area contributed by atoms with Crippen molar-refractivity contribution < 1.29 is 19.7 Å². The third kappa shape index (κ3) is 3.98. The van der Waals surface area contributed by atoms with Gasteiger partial charge >= 0.3 is 0 Å². The number of unbranched alkanes of at least 4 members (excludes halogenated alkanes) is 1. The number of ether oxygens (including phenoxy) is 1. The highest BCUT2D eigenvalue weighted by Crippen LogP contribution is 2.44. The Morgan fingerprint density at radius 2 is 2.00 bits per heavy atom. The van der Waals surface area contributed by atoms with E-state index in [9.17, 15) is 15.0 Å². The number of hydrogen-bond acceptors (Lipinski definition) is 5. The summed E-state index contributed by atoms with van der Waals surface area (Å²) in [5.41, 5.74) is 2.74. The summed E-state index contributed by atoms with van der Waals surface area (Å²) in [7, 11) is 0. The summed E-state index contributed by atoms with van der Waals surface area (Å²) in [6.45, 7) is 2.76. The van der Waals surface area contributed by atoms with Crippen molar-refractivity contribution in [2.75, 3.05) is 19.8 Å². The summed E-state index contributed by atoms with van der Waals surface area (Å²) >= 11 is 6.14. The minimum Gasteiger partial charge on any atom is -0.507 e. The van der Waals surface area contributed by atoms with Crippen LogP contribution < -0.4 is 4.74 Å². The molecule has 4 rings (SSSR count). The molecule has 0 fully saturated rings. The van der Waals surface area contributed by atoms with Crippen molar-refractivity contribution in [3.8, 4) is 22.8 Å². The summed E-state index contributed by atoms with van der Waals surface area (Å²) in [5, 5.41) is 27.5. The molecule has 2 heterocycles. The quantitative estimate of drug-likeness (QED) is 0.456. The molecule has 0 aliphatic carbocycles. The lowest BCUT2D eigenvalue weighted by molar-refractivity contribution is 0.0706. The van der Waals surface area contributed by atoms with Crippen LogP contribution in [0.4, 0.5) is 0 Å². The van der Waals surface area contributed by atoms with Crippen LogP contribution in [0.3, 0.4) is 0 Å². The minimum atomic E-state index is -0.466. The average Bonchev–Trinajstić information content (AvgIpc) is 3.30. The van der Waals surface area contributed by atoms with E-state index in [0.717, 1.165) is 24.2 Å². The van der Waals surface area contributed by atoms with Gasteiger partial charge in [0.1, 0.15) is 22.9 Å². The fourth-order valence-electron chi connectivity index (χ4n) is 3.87.